The molecule has 0 bridgehead atoms. The zero-order chi connectivity index (χ0) is 13.2. The van der Waals surface area contributed by atoms with Crippen molar-refractivity contribution in [2.24, 2.45) is 0 Å². The number of anilines is 1. The Balaban J connectivity index is 3.24. The van der Waals surface area contributed by atoms with Gasteiger partial charge in [0.15, 0.2) is 0 Å². The lowest BCUT2D eigenvalue weighted by Gasteiger charge is -2.27. The van der Waals surface area contributed by atoms with Gasteiger partial charge in [-0.25, -0.2) is 0 Å². The summed E-state index contributed by atoms with van der Waals surface area (Å²) in [6, 6.07) is 4.21. The first-order valence-corrected chi connectivity index (χ1v) is 6.37. The van der Waals surface area contributed by atoms with Crippen LogP contribution in [0.4, 0.5) is 5.69 Å². The zero-order valence-corrected chi connectivity index (χ0v) is 11.9. The number of hydrogen-bond donors (Lipinski definition) is 0. The molecular weight excluding hydrogens is 234 g/mol. The quantitative estimate of drug-likeness (QED) is 0.754. The highest BCUT2D eigenvalue weighted by atomic mass is 35.5. The molecule has 0 radical (unpaired) electrons. The SMILES string of the molecule is Cc1cc(N(C(=O)CCl)C(C)C)cc(C)c1C. The number of rotatable bonds is 3. The Bertz CT molecular complexity index is 403. The lowest BCUT2D eigenvalue weighted by Crippen LogP contribution is -2.38. The van der Waals surface area contributed by atoms with Gasteiger partial charge in [0.25, 0.3) is 0 Å². The van der Waals surface area contributed by atoms with Crippen LogP contribution in [0.25, 0.3) is 0 Å². The summed E-state index contributed by atoms with van der Waals surface area (Å²) in [7, 11) is 0. The van der Waals surface area contributed by atoms with Crippen molar-refractivity contribution in [2.45, 2.75) is 40.7 Å². The molecule has 1 amide bonds. The van der Waals surface area contributed by atoms with Crippen molar-refractivity contribution in [1.29, 1.82) is 0 Å². The van der Waals surface area contributed by atoms with Crippen molar-refractivity contribution in [3.63, 3.8) is 0 Å². The van der Waals surface area contributed by atoms with Gasteiger partial charge in [-0.1, -0.05) is 0 Å². The van der Waals surface area contributed by atoms with Crippen molar-refractivity contribution in [1.82, 2.24) is 0 Å². The number of hydrogen-bond acceptors (Lipinski definition) is 1. The van der Waals surface area contributed by atoms with Crippen LogP contribution in [-0.2, 0) is 4.79 Å². The van der Waals surface area contributed by atoms with Gasteiger partial charge in [0.05, 0.1) is 0 Å². The number of carbonyl (C=O) groups excluding carboxylic acids is 1. The number of nitrogens with zero attached hydrogens (tertiary/aromatic N) is 1. The first-order valence-electron chi connectivity index (χ1n) is 5.84. The maximum Gasteiger partial charge on any atom is 0.242 e. The van der Waals surface area contributed by atoms with Crippen molar-refractivity contribution >= 4 is 23.2 Å². The van der Waals surface area contributed by atoms with Crippen LogP contribution in [-0.4, -0.2) is 17.8 Å². The highest BCUT2D eigenvalue weighted by Crippen LogP contribution is 2.24. The summed E-state index contributed by atoms with van der Waals surface area (Å²) in [6.07, 6.45) is 0. The molecule has 1 aromatic rings. The maximum atomic E-state index is 11.9. The van der Waals surface area contributed by atoms with Crippen LogP contribution in [0.5, 0.6) is 0 Å². The fraction of sp³-hybridized carbons (Fsp3) is 0.500. The van der Waals surface area contributed by atoms with Gasteiger partial charge in [-0.15, -0.1) is 11.6 Å². The Morgan fingerprint density at radius 1 is 1.24 bits per heavy atom. The predicted molar refractivity (Wildman–Crippen MR) is 74.0 cm³/mol. The molecule has 3 heteroatoms. The number of halogens is 1. The van der Waals surface area contributed by atoms with E-state index in [-0.39, 0.29) is 17.8 Å². The standard InChI is InChI=1S/C14H20ClNO/c1-9(2)16(14(17)8-15)13-6-10(3)12(5)11(4)7-13/h6-7,9H,8H2,1-5H3. The van der Waals surface area contributed by atoms with E-state index in [1.807, 2.05) is 26.0 Å². The molecule has 0 fully saturated rings. The third-order valence-corrected chi connectivity index (χ3v) is 3.32. The summed E-state index contributed by atoms with van der Waals surface area (Å²) in [5.41, 5.74) is 4.61. The number of benzene rings is 1. The van der Waals surface area contributed by atoms with Crippen LogP contribution in [0, 0.1) is 20.8 Å². The summed E-state index contributed by atoms with van der Waals surface area (Å²) in [5.74, 6) is -0.0335. The minimum Gasteiger partial charge on any atom is -0.309 e. The Labute approximate surface area is 109 Å². The van der Waals surface area contributed by atoms with Crippen LogP contribution >= 0.6 is 11.6 Å². The summed E-state index contributed by atoms with van der Waals surface area (Å²) >= 11 is 5.66. The molecule has 0 aromatic heterocycles. The molecule has 0 aliphatic rings. The van der Waals surface area contributed by atoms with Crippen molar-refractivity contribution in [3.8, 4) is 0 Å². The predicted octanol–water partition coefficient (Wildman–Crippen LogP) is 3.59. The molecule has 17 heavy (non-hydrogen) atoms. The Morgan fingerprint density at radius 2 is 1.71 bits per heavy atom. The molecular formula is C14H20ClNO. The molecule has 0 saturated heterocycles. The number of carbonyl (C=O) groups is 1. The van der Waals surface area contributed by atoms with Gasteiger partial charge >= 0.3 is 0 Å². The Morgan fingerprint density at radius 3 is 2.06 bits per heavy atom. The van der Waals surface area contributed by atoms with Crippen LogP contribution in [0.1, 0.15) is 30.5 Å². The first kappa shape index (κ1) is 14.0. The molecule has 0 aliphatic carbocycles. The molecule has 1 rings (SSSR count). The molecule has 0 heterocycles. The van der Waals surface area contributed by atoms with Gasteiger partial charge in [0.1, 0.15) is 5.88 Å². The average molecular weight is 254 g/mol. The molecule has 0 spiro atoms. The second kappa shape index (κ2) is 5.54. The highest BCUT2D eigenvalue weighted by Gasteiger charge is 2.18. The monoisotopic (exact) mass is 253 g/mol. The molecule has 2 nitrogen and oxygen atoms in total. The highest BCUT2D eigenvalue weighted by molar-refractivity contribution is 6.29. The number of aryl methyl sites for hydroxylation is 2. The second-order valence-electron chi connectivity index (χ2n) is 4.70. The lowest BCUT2D eigenvalue weighted by atomic mass is 10.0. The minimum absolute atomic E-state index is 0.0180. The van der Waals surface area contributed by atoms with Gasteiger partial charge in [-0.05, 0) is 63.4 Å². The van der Waals surface area contributed by atoms with Gasteiger partial charge in [0, 0.05) is 11.7 Å². The fourth-order valence-corrected chi connectivity index (χ4v) is 2.08. The first-order chi connectivity index (χ1) is 7.88. The van der Waals surface area contributed by atoms with E-state index < -0.39 is 0 Å². The van der Waals surface area contributed by atoms with Crippen molar-refractivity contribution in [2.75, 3.05) is 10.8 Å². The normalized spacial score (nSPS) is 10.8. The van der Waals surface area contributed by atoms with E-state index in [2.05, 4.69) is 20.8 Å². The van der Waals surface area contributed by atoms with E-state index in [9.17, 15) is 4.79 Å². The van der Waals surface area contributed by atoms with E-state index in [0.29, 0.717) is 0 Å². The summed E-state index contributed by atoms with van der Waals surface area (Å²) in [6.45, 7) is 10.2. The van der Waals surface area contributed by atoms with Gasteiger partial charge < -0.3 is 4.90 Å². The van der Waals surface area contributed by atoms with Gasteiger partial charge in [-0.3, -0.25) is 4.79 Å². The lowest BCUT2D eigenvalue weighted by molar-refractivity contribution is -0.116. The molecule has 0 saturated carbocycles. The summed E-state index contributed by atoms with van der Waals surface area (Å²) in [5, 5.41) is 0. The van der Waals surface area contributed by atoms with Gasteiger partial charge in [0.2, 0.25) is 5.91 Å². The largest absolute Gasteiger partial charge is 0.309 e. The molecule has 0 aliphatic heterocycles. The molecule has 0 N–H and O–H groups in total. The van der Waals surface area contributed by atoms with E-state index in [1.54, 1.807) is 4.90 Å². The van der Waals surface area contributed by atoms with E-state index in [1.165, 1.54) is 16.7 Å². The summed E-state index contributed by atoms with van der Waals surface area (Å²) < 4.78 is 0. The maximum absolute atomic E-state index is 11.9. The van der Waals surface area contributed by atoms with E-state index in [0.717, 1.165) is 5.69 Å². The third kappa shape index (κ3) is 3.01. The smallest absolute Gasteiger partial charge is 0.242 e. The fourth-order valence-electron chi connectivity index (χ4n) is 1.95. The van der Waals surface area contributed by atoms with Crippen LogP contribution in [0.3, 0.4) is 0 Å². The van der Waals surface area contributed by atoms with Crippen LogP contribution in [0.2, 0.25) is 0 Å². The molecule has 0 atom stereocenters. The molecule has 1 aromatic carbocycles. The van der Waals surface area contributed by atoms with E-state index in [4.69, 9.17) is 11.6 Å². The zero-order valence-electron chi connectivity index (χ0n) is 11.2. The van der Waals surface area contributed by atoms with Gasteiger partial charge in [-0.2, -0.15) is 0 Å². The minimum atomic E-state index is -0.0516. The second-order valence-corrected chi connectivity index (χ2v) is 4.96. The Kier molecular flexibility index (Phi) is 4.58. The number of alkyl halides is 1. The van der Waals surface area contributed by atoms with Crippen LogP contribution < -0.4 is 4.90 Å². The molecule has 94 valence electrons. The van der Waals surface area contributed by atoms with Crippen molar-refractivity contribution in [3.05, 3.63) is 28.8 Å². The third-order valence-electron chi connectivity index (χ3n) is 3.09. The average Bonchev–Trinajstić information content (AvgIpc) is 2.25. The molecule has 0 unspecified atom stereocenters. The number of amides is 1. The van der Waals surface area contributed by atoms with E-state index >= 15 is 0 Å². The van der Waals surface area contributed by atoms with Crippen LogP contribution in [0.15, 0.2) is 12.1 Å². The Hall–Kier alpha value is -1.02. The summed E-state index contributed by atoms with van der Waals surface area (Å²) in [4.78, 5) is 13.6. The topological polar surface area (TPSA) is 20.3 Å². The van der Waals surface area contributed by atoms with Crippen molar-refractivity contribution < 1.29 is 4.79 Å².